The lowest BCUT2D eigenvalue weighted by Gasteiger charge is -2.37. The molecule has 0 bridgehead atoms. The predicted octanol–water partition coefficient (Wildman–Crippen LogP) is 2.48. The standard InChI is InChI=1S/C16H24N2O2/c1-3-13(4-2)16(20)18-11-9-17(10-12-18)14-5-7-15(19)8-6-14/h5-8,13,19H,3-4,9-12H2,1-2H3. The number of phenols is 1. The van der Waals surface area contributed by atoms with E-state index in [4.69, 9.17) is 0 Å². The molecular formula is C16H24N2O2. The summed E-state index contributed by atoms with van der Waals surface area (Å²) < 4.78 is 0. The highest BCUT2D eigenvalue weighted by Crippen LogP contribution is 2.21. The zero-order valence-corrected chi connectivity index (χ0v) is 12.4. The van der Waals surface area contributed by atoms with Gasteiger partial charge in [0.15, 0.2) is 0 Å². The van der Waals surface area contributed by atoms with Gasteiger partial charge in [-0.25, -0.2) is 0 Å². The number of hydrogen-bond acceptors (Lipinski definition) is 3. The number of piperazine rings is 1. The summed E-state index contributed by atoms with van der Waals surface area (Å²) in [5.74, 6) is 0.770. The molecule has 0 aromatic heterocycles. The van der Waals surface area contributed by atoms with Crippen molar-refractivity contribution >= 4 is 11.6 Å². The first kappa shape index (κ1) is 14.7. The van der Waals surface area contributed by atoms with Gasteiger partial charge < -0.3 is 14.9 Å². The van der Waals surface area contributed by atoms with Crippen molar-refractivity contribution in [3.05, 3.63) is 24.3 Å². The summed E-state index contributed by atoms with van der Waals surface area (Å²) in [5.41, 5.74) is 1.11. The molecule has 1 fully saturated rings. The van der Waals surface area contributed by atoms with Crippen LogP contribution in [0.25, 0.3) is 0 Å². The SMILES string of the molecule is CCC(CC)C(=O)N1CCN(c2ccc(O)cc2)CC1. The van der Waals surface area contributed by atoms with Crippen LogP contribution in [-0.4, -0.2) is 42.1 Å². The molecule has 1 aromatic carbocycles. The molecule has 0 saturated carbocycles. The van der Waals surface area contributed by atoms with Gasteiger partial charge in [-0.05, 0) is 37.1 Å². The highest BCUT2D eigenvalue weighted by atomic mass is 16.3. The quantitative estimate of drug-likeness (QED) is 0.919. The molecule has 1 heterocycles. The van der Waals surface area contributed by atoms with Crippen LogP contribution in [0, 0.1) is 5.92 Å². The molecule has 1 aliphatic rings. The Labute approximate surface area is 121 Å². The minimum Gasteiger partial charge on any atom is -0.508 e. The Morgan fingerprint density at radius 1 is 1.10 bits per heavy atom. The number of aromatic hydroxyl groups is 1. The van der Waals surface area contributed by atoms with Gasteiger partial charge in [-0.3, -0.25) is 4.79 Å². The highest BCUT2D eigenvalue weighted by Gasteiger charge is 2.25. The van der Waals surface area contributed by atoms with Gasteiger partial charge in [0.05, 0.1) is 0 Å². The lowest BCUT2D eigenvalue weighted by molar-refractivity contribution is -0.136. The minimum atomic E-state index is 0.176. The first-order valence-corrected chi connectivity index (χ1v) is 7.48. The van der Waals surface area contributed by atoms with Crippen LogP contribution in [-0.2, 0) is 4.79 Å². The molecule has 0 atom stereocenters. The summed E-state index contributed by atoms with van der Waals surface area (Å²) in [7, 11) is 0. The number of phenolic OH excluding ortho intramolecular Hbond substituents is 1. The summed E-state index contributed by atoms with van der Waals surface area (Å²) in [4.78, 5) is 16.6. The number of benzene rings is 1. The van der Waals surface area contributed by atoms with E-state index in [0.29, 0.717) is 5.91 Å². The third-order valence-corrected chi connectivity index (χ3v) is 4.14. The van der Waals surface area contributed by atoms with Crippen LogP contribution in [0.15, 0.2) is 24.3 Å². The number of amides is 1. The zero-order valence-electron chi connectivity index (χ0n) is 12.4. The number of carbonyl (C=O) groups excluding carboxylic acids is 1. The molecule has 4 nitrogen and oxygen atoms in total. The van der Waals surface area contributed by atoms with Crippen LogP contribution in [0.3, 0.4) is 0 Å². The van der Waals surface area contributed by atoms with E-state index >= 15 is 0 Å². The lowest BCUT2D eigenvalue weighted by Crippen LogP contribution is -2.50. The van der Waals surface area contributed by atoms with Crippen molar-refractivity contribution in [1.29, 1.82) is 0 Å². The lowest BCUT2D eigenvalue weighted by atomic mass is 10.0. The van der Waals surface area contributed by atoms with Crippen LogP contribution in [0.1, 0.15) is 26.7 Å². The minimum absolute atomic E-state index is 0.176. The van der Waals surface area contributed by atoms with Crippen LogP contribution in [0.4, 0.5) is 5.69 Å². The van der Waals surface area contributed by atoms with Gasteiger partial charge >= 0.3 is 0 Å². The molecule has 4 heteroatoms. The largest absolute Gasteiger partial charge is 0.508 e. The van der Waals surface area contributed by atoms with Gasteiger partial charge in [0.25, 0.3) is 0 Å². The fourth-order valence-corrected chi connectivity index (χ4v) is 2.74. The monoisotopic (exact) mass is 276 g/mol. The van der Waals surface area contributed by atoms with E-state index in [9.17, 15) is 9.90 Å². The maximum Gasteiger partial charge on any atom is 0.225 e. The summed E-state index contributed by atoms with van der Waals surface area (Å²) in [6.45, 7) is 7.46. The molecule has 20 heavy (non-hydrogen) atoms. The number of nitrogens with zero attached hydrogens (tertiary/aromatic N) is 2. The molecule has 1 saturated heterocycles. The second-order valence-electron chi connectivity index (χ2n) is 5.34. The number of hydrogen-bond donors (Lipinski definition) is 1. The molecule has 1 aromatic rings. The van der Waals surface area contributed by atoms with Crippen molar-refractivity contribution in [2.75, 3.05) is 31.1 Å². The first-order valence-electron chi connectivity index (χ1n) is 7.48. The van der Waals surface area contributed by atoms with E-state index in [-0.39, 0.29) is 11.7 Å². The summed E-state index contributed by atoms with van der Waals surface area (Å²) in [6, 6.07) is 7.26. The van der Waals surface area contributed by atoms with Crippen molar-refractivity contribution in [2.45, 2.75) is 26.7 Å². The maximum absolute atomic E-state index is 12.3. The Balaban J connectivity index is 1.92. The molecule has 0 spiro atoms. The fraction of sp³-hybridized carbons (Fsp3) is 0.562. The fourth-order valence-electron chi connectivity index (χ4n) is 2.74. The van der Waals surface area contributed by atoms with E-state index in [2.05, 4.69) is 18.7 Å². The maximum atomic E-state index is 12.3. The van der Waals surface area contributed by atoms with Gasteiger partial charge in [-0.1, -0.05) is 13.8 Å². The van der Waals surface area contributed by atoms with E-state index in [1.807, 2.05) is 17.0 Å². The van der Waals surface area contributed by atoms with Crippen LogP contribution in [0.2, 0.25) is 0 Å². The normalized spacial score (nSPS) is 15.8. The summed E-state index contributed by atoms with van der Waals surface area (Å²) in [6.07, 6.45) is 1.85. The molecule has 1 aliphatic heterocycles. The van der Waals surface area contributed by atoms with E-state index in [1.165, 1.54) is 0 Å². The van der Waals surface area contributed by atoms with Crippen molar-refractivity contribution < 1.29 is 9.90 Å². The molecule has 0 radical (unpaired) electrons. The molecule has 110 valence electrons. The first-order chi connectivity index (χ1) is 9.65. The second-order valence-corrected chi connectivity index (χ2v) is 5.34. The van der Waals surface area contributed by atoms with Gasteiger partial charge in [0, 0.05) is 37.8 Å². The number of carbonyl (C=O) groups is 1. The smallest absolute Gasteiger partial charge is 0.225 e. The molecule has 1 amide bonds. The molecule has 1 N–H and O–H groups in total. The summed E-state index contributed by atoms with van der Waals surface area (Å²) >= 11 is 0. The highest BCUT2D eigenvalue weighted by molar-refractivity contribution is 5.79. The molecule has 0 unspecified atom stereocenters. The Bertz CT molecular complexity index is 432. The van der Waals surface area contributed by atoms with Crippen molar-refractivity contribution in [1.82, 2.24) is 4.90 Å². The van der Waals surface area contributed by atoms with Crippen LogP contribution in [0.5, 0.6) is 5.75 Å². The predicted molar refractivity (Wildman–Crippen MR) is 81.0 cm³/mol. The average Bonchev–Trinajstić information content (AvgIpc) is 2.49. The van der Waals surface area contributed by atoms with Gasteiger partial charge in [0.1, 0.15) is 5.75 Å². The number of anilines is 1. The van der Waals surface area contributed by atoms with Crippen molar-refractivity contribution in [3.8, 4) is 5.75 Å². The van der Waals surface area contributed by atoms with Crippen molar-refractivity contribution in [3.63, 3.8) is 0 Å². The number of rotatable bonds is 4. The topological polar surface area (TPSA) is 43.8 Å². The molecule has 2 rings (SSSR count). The van der Waals surface area contributed by atoms with E-state index < -0.39 is 0 Å². The van der Waals surface area contributed by atoms with Crippen LogP contribution >= 0.6 is 0 Å². The van der Waals surface area contributed by atoms with Crippen LogP contribution < -0.4 is 4.90 Å². The third-order valence-electron chi connectivity index (χ3n) is 4.14. The average molecular weight is 276 g/mol. The molecular weight excluding hydrogens is 252 g/mol. The van der Waals surface area contributed by atoms with E-state index in [0.717, 1.165) is 44.7 Å². The van der Waals surface area contributed by atoms with Gasteiger partial charge in [0.2, 0.25) is 5.91 Å². The second kappa shape index (κ2) is 6.64. The van der Waals surface area contributed by atoms with E-state index in [1.54, 1.807) is 12.1 Å². The third kappa shape index (κ3) is 3.24. The molecule has 0 aliphatic carbocycles. The Kier molecular flexibility index (Phi) is 4.88. The van der Waals surface area contributed by atoms with Crippen molar-refractivity contribution in [2.24, 2.45) is 5.92 Å². The van der Waals surface area contributed by atoms with Gasteiger partial charge in [-0.2, -0.15) is 0 Å². The Morgan fingerprint density at radius 2 is 1.65 bits per heavy atom. The van der Waals surface area contributed by atoms with Gasteiger partial charge in [-0.15, -0.1) is 0 Å². The Hall–Kier alpha value is -1.71. The zero-order chi connectivity index (χ0) is 14.5. The Morgan fingerprint density at radius 3 is 2.15 bits per heavy atom. The summed E-state index contributed by atoms with van der Waals surface area (Å²) in [5, 5.41) is 9.31.